The van der Waals surface area contributed by atoms with E-state index < -0.39 is 0 Å². The van der Waals surface area contributed by atoms with E-state index in [9.17, 15) is 9.18 Å². The average molecular weight is 449 g/mol. The van der Waals surface area contributed by atoms with E-state index in [0.29, 0.717) is 12.2 Å². The maximum absolute atomic E-state index is 13.4. The third kappa shape index (κ3) is 5.11. The summed E-state index contributed by atoms with van der Waals surface area (Å²) in [5.41, 5.74) is 2.18. The van der Waals surface area contributed by atoms with Crippen LogP contribution < -0.4 is 0 Å². The number of aromatic nitrogens is 4. The highest BCUT2D eigenvalue weighted by Gasteiger charge is 2.37. The number of nitrogens with zero attached hydrogens (tertiary/aromatic N) is 5. The minimum Gasteiger partial charge on any atom is -0.332 e. The Balaban J connectivity index is 1.18. The molecule has 0 bridgehead atoms. The Labute approximate surface area is 193 Å². The molecule has 4 heterocycles. The molecule has 0 aliphatic carbocycles. The van der Waals surface area contributed by atoms with Crippen LogP contribution in [0.25, 0.3) is 0 Å². The van der Waals surface area contributed by atoms with Crippen molar-refractivity contribution >= 4 is 5.91 Å². The van der Waals surface area contributed by atoms with E-state index in [1.165, 1.54) is 17.7 Å². The van der Waals surface area contributed by atoms with Gasteiger partial charge in [0, 0.05) is 37.8 Å². The highest BCUT2D eigenvalue weighted by Crippen LogP contribution is 2.33. The predicted octanol–water partition coefficient (Wildman–Crippen LogP) is 3.51. The van der Waals surface area contributed by atoms with Gasteiger partial charge in [0.15, 0.2) is 5.82 Å². The number of piperidine rings is 1. The van der Waals surface area contributed by atoms with Crippen LogP contribution >= 0.6 is 0 Å². The van der Waals surface area contributed by atoms with E-state index in [1.54, 1.807) is 18.3 Å². The van der Waals surface area contributed by atoms with Crippen LogP contribution in [0, 0.1) is 11.7 Å². The van der Waals surface area contributed by atoms with Crippen LogP contribution in [-0.2, 0) is 17.8 Å². The summed E-state index contributed by atoms with van der Waals surface area (Å²) in [5, 5.41) is 7.44. The van der Waals surface area contributed by atoms with Crippen molar-refractivity contribution in [3.8, 4) is 0 Å². The van der Waals surface area contributed by atoms with Crippen LogP contribution in [0.1, 0.15) is 54.5 Å². The van der Waals surface area contributed by atoms with E-state index >= 15 is 0 Å². The Morgan fingerprint density at radius 3 is 2.64 bits per heavy atom. The van der Waals surface area contributed by atoms with Crippen LogP contribution in [0.5, 0.6) is 0 Å². The van der Waals surface area contributed by atoms with Gasteiger partial charge in [-0.05, 0) is 68.1 Å². The fraction of sp³-hybridized carbons (Fsp3) is 0.440. The minimum atomic E-state index is -0.250. The second-order valence-corrected chi connectivity index (χ2v) is 9.04. The molecule has 2 aliphatic heterocycles. The van der Waals surface area contributed by atoms with Gasteiger partial charge >= 0.3 is 0 Å². The third-order valence-corrected chi connectivity index (χ3v) is 6.73. The molecule has 1 aromatic carbocycles. The number of H-pyrrole nitrogens is 1. The number of carbonyl (C=O) groups excluding carboxylic acids is 1. The molecule has 0 spiro atoms. The molecule has 1 unspecified atom stereocenters. The van der Waals surface area contributed by atoms with E-state index in [2.05, 4.69) is 31.1 Å². The van der Waals surface area contributed by atoms with Crippen LogP contribution in [0.2, 0.25) is 0 Å². The van der Waals surface area contributed by atoms with E-state index in [-0.39, 0.29) is 23.7 Å². The zero-order valence-electron chi connectivity index (χ0n) is 18.7. The SMILES string of the molecule is O=C(C1CCN(Cc2cccnc2)CC1)N1CCCC1c1n[nH]c(Cc2ccc(F)cc2)n1. The van der Waals surface area contributed by atoms with Crippen molar-refractivity contribution < 1.29 is 9.18 Å². The molecule has 8 heteroatoms. The molecule has 2 saturated heterocycles. The zero-order valence-corrected chi connectivity index (χ0v) is 18.7. The summed E-state index contributed by atoms with van der Waals surface area (Å²) in [6, 6.07) is 10.4. The van der Waals surface area contributed by atoms with Gasteiger partial charge in [0.05, 0.1) is 6.04 Å². The van der Waals surface area contributed by atoms with Gasteiger partial charge < -0.3 is 4.90 Å². The minimum absolute atomic E-state index is 0.0633. The molecule has 2 aliphatic rings. The van der Waals surface area contributed by atoms with E-state index in [4.69, 9.17) is 0 Å². The third-order valence-electron chi connectivity index (χ3n) is 6.73. The molecule has 3 aromatic rings. The van der Waals surface area contributed by atoms with Crippen molar-refractivity contribution in [2.75, 3.05) is 19.6 Å². The van der Waals surface area contributed by atoms with Crippen molar-refractivity contribution in [2.45, 2.75) is 44.7 Å². The molecule has 7 nitrogen and oxygen atoms in total. The molecule has 1 amide bonds. The Morgan fingerprint density at radius 1 is 1.06 bits per heavy atom. The number of hydrogen-bond donors (Lipinski definition) is 1. The Kier molecular flexibility index (Phi) is 6.44. The summed E-state index contributed by atoms with van der Waals surface area (Å²) in [6.07, 6.45) is 7.88. The first kappa shape index (κ1) is 21.7. The van der Waals surface area contributed by atoms with Gasteiger partial charge in [0.25, 0.3) is 0 Å². The summed E-state index contributed by atoms with van der Waals surface area (Å²) < 4.78 is 13.1. The molecule has 2 fully saturated rings. The van der Waals surface area contributed by atoms with Crippen molar-refractivity contribution in [1.29, 1.82) is 0 Å². The molecular weight excluding hydrogens is 419 g/mol. The average Bonchev–Trinajstić information content (AvgIpc) is 3.51. The normalized spacial score (nSPS) is 19.8. The van der Waals surface area contributed by atoms with Crippen LogP contribution in [0.4, 0.5) is 4.39 Å². The number of hydrogen-bond acceptors (Lipinski definition) is 5. The number of likely N-dealkylation sites (tertiary alicyclic amines) is 2. The van der Waals surface area contributed by atoms with Gasteiger partial charge in [-0.15, -0.1) is 0 Å². The molecule has 1 N–H and O–H groups in total. The van der Waals surface area contributed by atoms with Gasteiger partial charge in [0.1, 0.15) is 11.6 Å². The van der Waals surface area contributed by atoms with E-state index in [0.717, 1.165) is 63.3 Å². The van der Waals surface area contributed by atoms with Crippen LogP contribution in [-0.4, -0.2) is 55.5 Å². The lowest BCUT2D eigenvalue weighted by Gasteiger charge is -2.34. The number of rotatable bonds is 6. The first-order valence-electron chi connectivity index (χ1n) is 11.7. The molecule has 1 atom stereocenters. The lowest BCUT2D eigenvalue weighted by molar-refractivity contribution is -0.138. The van der Waals surface area contributed by atoms with Crippen molar-refractivity contribution in [3.63, 3.8) is 0 Å². The topological polar surface area (TPSA) is 78.0 Å². The van der Waals surface area contributed by atoms with Gasteiger partial charge in [-0.1, -0.05) is 18.2 Å². The molecule has 2 aromatic heterocycles. The first-order valence-corrected chi connectivity index (χ1v) is 11.7. The van der Waals surface area contributed by atoms with Crippen molar-refractivity contribution in [2.24, 2.45) is 5.92 Å². The predicted molar refractivity (Wildman–Crippen MR) is 122 cm³/mol. The number of aromatic amines is 1. The monoisotopic (exact) mass is 448 g/mol. The van der Waals surface area contributed by atoms with Crippen LogP contribution in [0.15, 0.2) is 48.8 Å². The van der Waals surface area contributed by atoms with Gasteiger partial charge in [-0.2, -0.15) is 5.10 Å². The van der Waals surface area contributed by atoms with Gasteiger partial charge in [-0.3, -0.25) is 19.8 Å². The summed E-state index contributed by atoms with van der Waals surface area (Å²) in [5.74, 6) is 1.48. The Bertz CT molecular complexity index is 1060. The maximum atomic E-state index is 13.4. The number of pyridine rings is 1. The van der Waals surface area contributed by atoms with Gasteiger partial charge in [0.2, 0.25) is 5.91 Å². The highest BCUT2D eigenvalue weighted by molar-refractivity contribution is 5.79. The largest absolute Gasteiger partial charge is 0.332 e. The quantitative estimate of drug-likeness (QED) is 0.625. The molecule has 0 radical (unpaired) electrons. The van der Waals surface area contributed by atoms with Crippen molar-refractivity contribution in [3.05, 3.63) is 77.4 Å². The fourth-order valence-electron chi connectivity index (χ4n) is 4.96. The highest BCUT2D eigenvalue weighted by atomic mass is 19.1. The number of carbonyl (C=O) groups is 1. The number of halogens is 1. The zero-order chi connectivity index (χ0) is 22.6. The fourth-order valence-corrected chi connectivity index (χ4v) is 4.96. The summed E-state index contributed by atoms with van der Waals surface area (Å²) >= 11 is 0. The molecule has 5 rings (SSSR count). The standard InChI is InChI=1S/C25H29FN6O/c26-21-7-5-18(6-8-21)15-23-28-24(30-29-23)22-4-2-12-32(22)25(33)20-9-13-31(14-10-20)17-19-3-1-11-27-16-19/h1,3,5-8,11,16,20,22H,2,4,9-10,12-15,17H2,(H,28,29,30). The maximum Gasteiger partial charge on any atom is 0.226 e. The smallest absolute Gasteiger partial charge is 0.226 e. The lowest BCUT2D eigenvalue weighted by atomic mass is 9.94. The van der Waals surface area contributed by atoms with E-state index in [1.807, 2.05) is 17.2 Å². The first-order chi connectivity index (χ1) is 16.2. The van der Waals surface area contributed by atoms with Crippen LogP contribution in [0.3, 0.4) is 0 Å². The summed E-state index contributed by atoms with van der Waals surface area (Å²) in [7, 11) is 0. The second-order valence-electron chi connectivity index (χ2n) is 9.04. The summed E-state index contributed by atoms with van der Waals surface area (Å²) in [6.45, 7) is 3.49. The van der Waals surface area contributed by atoms with Gasteiger partial charge in [-0.25, -0.2) is 9.37 Å². The molecule has 172 valence electrons. The molecule has 33 heavy (non-hydrogen) atoms. The number of amides is 1. The molecular formula is C25H29FN6O. The Hall–Kier alpha value is -3.13. The van der Waals surface area contributed by atoms with Crippen molar-refractivity contribution in [1.82, 2.24) is 30.0 Å². The summed E-state index contributed by atoms with van der Waals surface area (Å²) in [4.78, 5) is 26.6. The lowest BCUT2D eigenvalue weighted by Crippen LogP contribution is -2.42. The number of benzene rings is 1. The Morgan fingerprint density at radius 2 is 1.88 bits per heavy atom. The second kappa shape index (κ2) is 9.79. The number of nitrogens with one attached hydrogen (secondary N) is 1. The molecule has 0 saturated carbocycles.